The van der Waals surface area contributed by atoms with Crippen LogP contribution in [0.25, 0.3) is 0 Å². The van der Waals surface area contributed by atoms with Crippen molar-refractivity contribution < 1.29 is 19.6 Å². The Morgan fingerprint density at radius 2 is 2.33 bits per heavy atom. The Morgan fingerprint density at radius 1 is 1.56 bits per heavy atom. The molecule has 2 atom stereocenters. The average molecular weight is 258 g/mol. The maximum Gasteiger partial charge on any atom is 0.344 e. The lowest BCUT2D eigenvalue weighted by Crippen LogP contribution is -2.49. The van der Waals surface area contributed by atoms with E-state index in [0.717, 1.165) is 0 Å². The van der Waals surface area contributed by atoms with Crippen LogP contribution in [0.4, 0.5) is 4.79 Å². The average Bonchev–Trinajstić information content (AvgIpc) is 2.60. The molecule has 8 heteroatoms. The summed E-state index contributed by atoms with van der Waals surface area (Å²) in [7, 11) is 0. The van der Waals surface area contributed by atoms with Gasteiger partial charge in [0.1, 0.15) is 6.04 Å². The molecule has 4 N–H and O–H groups in total. The van der Waals surface area contributed by atoms with Gasteiger partial charge in [0.25, 0.3) is 5.91 Å². The Labute approximate surface area is 105 Å². The van der Waals surface area contributed by atoms with E-state index in [1.54, 1.807) is 0 Å². The summed E-state index contributed by atoms with van der Waals surface area (Å²) in [5.41, 5.74) is 7.61. The van der Waals surface area contributed by atoms with Crippen molar-refractivity contribution in [1.29, 1.82) is 0 Å². The zero-order valence-corrected chi connectivity index (χ0v) is 10.0. The molecule has 2 saturated heterocycles. The number of nitrogens with one attached hydrogen (secondary N) is 1. The van der Waals surface area contributed by atoms with Crippen molar-refractivity contribution in [2.75, 3.05) is 19.7 Å². The van der Waals surface area contributed by atoms with Crippen molar-refractivity contribution in [3.05, 3.63) is 0 Å². The summed E-state index contributed by atoms with van der Waals surface area (Å²) in [5.74, 6) is -0.353. The summed E-state index contributed by atoms with van der Waals surface area (Å²) in [5, 5.41) is 10.2. The van der Waals surface area contributed by atoms with E-state index in [4.69, 9.17) is 10.6 Å². The molecule has 102 valence electrons. The predicted molar refractivity (Wildman–Crippen MR) is 60.3 cm³/mol. The number of amides is 3. The van der Waals surface area contributed by atoms with Crippen molar-refractivity contribution in [2.45, 2.75) is 31.3 Å². The number of carbonyl (C=O) groups is 2. The first-order chi connectivity index (χ1) is 8.65. The van der Waals surface area contributed by atoms with E-state index in [0.29, 0.717) is 44.0 Å². The summed E-state index contributed by atoms with van der Waals surface area (Å²) >= 11 is 0. The van der Waals surface area contributed by atoms with Crippen molar-refractivity contribution in [3.63, 3.8) is 0 Å². The number of rotatable bonds is 5. The number of hydroxylamine groups is 3. The number of fused-ring (bicyclic) bond motifs is 2. The summed E-state index contributed by atoms with van der Waals surface area (Å²) in [6.07, 6.45) is 1.79. The Kier molecular flexibility index (Phi) is 4.00. The lowest BCUT2D eigenvalue weighted by atomic mass is 10.0. The molecule has 0 aromatic heterocycles. The third-order valence-corrected chi connectivity index (χ3v) is 3.27. The molecule has 0 unspecified atom stereocenters. The van der Waals surface area contributed by atoms with Crippen LogP contribution >= 0.6 is 0 Å². The number of hydrogen-bond donors (Lipinski definition) is 3. The second-order valence-corrected chi connectivity index (χ2v) is 4.48. The van der Waals surface area contributed by atoms with Gasteiger partial charge in [0.15, 0.2) is 0 Å². The molecule has 2 heterocycles. The van der Waals surface area contributed by atoms with Gasteiger partial charge in [-0.05, 0) is 25.8 Å². The fraction of sp³-hybridized carbons (Fsp3) is 0.800. The Bertz CT molecular complexity index is 338. The third-order valence-electron chi connectivity index (χ3n) is 3.27. The maximum absolute atomic E-state index is 11.8. The van der Waals surface area contributed by atoms with E-state index in [1.165, 1.54) is 4.90 Å². The molecule has 0 spiro atoms. The van der Waals surface area contributed by atoms with Crippen LogP contribution in [0, 0.1) is 0 Å². The zero-order valence-electron chi connectivity index (χ0n) is 10.0. The minimum atomic E-state index is -0.566. The van der Waals surface area contributed by atoms with E-state index < -0.39 is 12.1 Å². The Balaban J connectivity index is 1.85. The van der Waals surface area contributed by atoms with Gasteiger partial charge in [0.2, 0.25) is 0 Å². The second kappa shape index (κ2) is 5.51. The molecule has 2 rings (SSSR count). The molecule has 0 saturated carbocycles. The van der Waals surface area contributed by atoms with E-state index in [9.17, 15) is 14.8 Å². The van der Waals surface area contributed by atoms with Gasteiger partial charge in [-0.2, -0.15) is 0 Å². The van der Waals surface area contributed by atoms with Gasteiger partial charge in [-0.15, -0.1) is 0 Å². The van der Waals surface area contributed by atoms with Gasteiger partial charge in [-0.3, -0.25) is 14.8 Å². The molecule has 8 nitrogen and oxygen atoms in total. The van der Waals surface area contributed by atoms with Crippen molar-refractivity contribution in [2.24, 2.45) is 5.73 Å². The molecule has 3 amide bonds. The smallest absolute Gasteiger partial charge is 0.330 e. The van der Waals surface area contributed by atoms with Crippen LogP contribution in [-0.2, 0) is 9.63 Å². The van der Waals surface area contributed by atoms with E-state index in [1.807, 2.05) is 0 Å². The molecule has 18 heavy (non-hydrogen) atoms. The topological polar surface area (TPSA) is 108 Å². The molecule has 2 fully saturated rings. The van der Waals surface area contributed by atoms with Gasteiger partial charge >= 0.3 is 6.03 Å². The predicted octanol–water partition coefficient (Wildman–Crippen LogP) is -0.959. The van der Waals surface area contributed by atoms with E-state index in [-0.39, 0.29) is 11.9 Å². The van der Waals surface area contributed by atoms with Gasteiger partial charge in [-0.1, -0.05) is 0 Å². The van der Waals surface area contributed by atoms with Crippen LogP contribution < -0.4 is 11.2 Å². The van der Waals surface area contributed by atoms with Crippen LogP contribution in [0.3, 0.4) is 0 Å². The van der Waals surface area contributed by atoms with Crippen LogP contribution in [0.2, 0.25) is 0 Å². The lowest BCUT2D eigenvalue weighted by Gasteiger charge is -2.28. The van der Waals surface area contributed by atoms with Crippen LogP contribution in [0.15, 0.2) is 0 Å². The fourth-order valence-electron chi connectivity index (χ4n) is 2.27. The Hall–Kier alpha value is -1.38. The molecule has 2 aliphatic rings. The van der Waals surface area contributed by atoms with Gasteiger partial charge in [0.05, 0.1) is 12.6 Å². The summed E-state index contributed by atoms with van der Waals surface area (Å²) in [4.78, 5) is 29.8. The number of carbonyl (C=O) groups excluding carboxylic acids is 2. The van der Waals surface area contributed by atoms with Gasteiger partial charge < -0.3 is 10.6 Å². The third kappa shape index (κ3) is 2.40. The highest BCUT2D eigenvalue weighted by atomic mass is 16.6. The molecule has 0 aromatic rings. The van der Waals surface area contributed by atoms with Crippen LogP contribution in [-0.4, -0.2) is 58.9 Å². The van der Waals surface area contributed by atoms with Crippen LogP contribution in [0.1, 0.15) is 19.3 Å². The normalized spacial score (nSPS) is 26.7. The highest BCUT2D eigenvalue weighted by Crippen LogP contribution is 2.28. The minimum absolute atomic E-state index is 0.195. The second-order valence-electron chi connectivity index (χ2n) is 4.48. The molecular formula is C10H18N4O4. The number of nitrogens with zero attached hydrogens (tertiary/aromatic N) is 2. The van der Waals surface area contributed by atoms with E-state index in [2.05, 4.69) is 5.48 Å². The quantitative estimate of drug-likeness (QED) is 0.334. The first-order valence-corrected chi connectivity index (χ1v) is 6.05. The van der Waals surface area contributed by atoms with Gasteiger partial charge in [-0.25, -0.2) is 15.3 Å². The fourth-order valence-corrected chi connectivity index (χ4v) is 2.27. The highest BCUT2D eigenvalue weighted by molar-refractivity contribution is 5.87. The lowest BCUT2D eigenvalue weighted by molar-refractivity contribution is -0.138. The van der Waals surface area contributed by atoms with E-state index >= 15 is 0 Å². The van der Waals surface area contributed by atoms with Gasteiger partial charge in [0, 0.05) is 6.54 Å². The zero-order chi connectivity index (χ0) is 13.1. The van der Waals surface area contributed by atoms with Crippen molar-refractivity contribution in [3.8, 4) is 0 Å². The number of piperidine rings is 1. The molecular weight excluding hydrogens is 240 g/mol. The summed E-state index contributed by atoms with van der Waals surface area (Å²) in [6, 6.07) is -1.27. The standard InChI is InChI=1S/C10H18N4O4/c11-4-1-5-18-12-9(15)8-3-2-7-6-13(8)10(16)14(7)17/h7-8,17H,1-6,11H2,(H,12,15)/t7-,8+/m1/s1. The molecule has 2 aliphatic heterocycles. The molecule has 0 radical (unpaired) electrons. The van der Waals surface area contributed by atoms with Crippen molar-refractivity contribution >= 4 is 11.9 Å². The Morgan fingerprint density at radius 3 is 3.06 bits per heavy atom. The molecule has 0 aliphatic carbocycles. The number of urea groups is 1. The first-order valence-electron chi connectivity index (χ1n) is 6.05. The number of hydrogen-bond acceptors (Lipinski definition) is 5. The van der Waals surface area contributed by atoms with Crippen LogP contribution in [0.5, 0.6) is 0 Å². The maximum atomic E-state index is 11.8. The molecule has 2 bridgehead atoms. The minimum Gasteiger partial charge on any atom is -0.330 e. The highest BCUT2D eigenvalue weighted by Gasteiger charge is 2.46. The van der Waals surface area contributed by atoms with Crippen molar-refractivity contribution in [1.82, 2.24) is 15.4 Å². The SMILES string of the molecule is NCCCONC(=O)[C@@H]1CC[C@@H]2CN1C(=O)N2O. The summed E-state index contributed by atoms with van der Waals surface area (Å²) in [6.45, 7) is 1.22. The molecule has 0 aromatic carbocycles. The number of nitrogens with two attached hydrogens (primary N) is 1. The largest absolute Gasteiger partial charge is 0.344 e. The monoisotopic (exact) mass is 258 g/mol. The summed E-state index contributed by atoms with van der Waals surface area (Å²) < 4.78 is 0. The first kappa shape index (κ1) is 13.1.